The normalized spacial score (nSPS) is 12.8. The van der Waals surface area contributed by atoms with Crippen LogP contribution in [0.2, 0.25) is 0 Å². The van der Waals surface area contributed by atoms with Gasteiger partial charge >= 0.3 is 0 Å². The van der Waals surface area contributed by atoms with Gasteiger partial charge in [-0.15, -0.1) is 10.2 Å². The lowest BCUT2D eigenvalue weighted by Gasteiger charge is -2.12. The number of hydrogen-bond donors (Lipinski definition) is 1. The van der Waals surface area contributed by atoms with E-state index >= 15 is 0 Å². The minimum absolute atomic E-state index is 0.423. The summed E-state index contributed by atoms with van der Waals surface area (Å²) < 4.78 is 7.32. The van der Waals surface area contributed by atoms with E-state index in [-0.39, 0.29) is 0 Å². The summed E-state index contributed by atoms with van der Waals surface area (Å²) in [6, 6.07) is 4.36. The molecule has 0 saturated heterocycles. The molecule has 1 N–H and O–H groups in total. The maximum atomic E-state index is 5.31. The SMILES string of the molecule is Cc1nnc(CNC(C)CCc2ccco2)n1C. The van der Waals surface area contributed by atoms with Crippen LogP contribution in [0.3, 0.4) is 0 Å². The quantitative estimate of drug-likeness (QED) is 0.847. The molecule has 1 unspecified atom stereocenters. The molecule has 0 spiro atoms. The monoisotopic (exact) mass is 248 g/mol. The molecule has 0 saturated carbocycles. The summed E-state index contributed by atoms with van der Waals surface area (Å²) in [5.41, 5.74) is 0. The topological polar surface area (TPSA) is 55.9 Å². The third-order valence-corrected chi connectivity index (χ3v) is 3.20. The molecule has 5 nitrogen and oxygen atoms in total. The van der Waals surface area contributed by atoms with Crippen LogP contribution in [0.1, 0.15) is 30.8 Å². The van der Waals surface area contributed by atoms with Gasteiger partial charge in [-0.05, 0) is 32.4 Å². The minimum atomic E-state index is 0.423. The van der Waals surface area contributed by atoms with Crippen LogP contribution in [0.5, 0.6) is 0 Å². The summed E-state index contributed by atoms with van der Waals surface area (Å²) >= 11 is 0. The highest BCUT2D eigenvalue weighted by atomic mass is 16.3. The average molecular weight is 248 g/mol. The molecule has 2 aromatic heterocycles. The van der Waals surface area contributed by atoms with E-state index in [9.17, 15) is 0 Å². The molecule has 0 amide bonds. The fourth-order valence-corrected chi connectivity index (χ4v) is 1.79. The van der Waals surface area contributed by atoms with Crippen LogP contribution < -0.4 is 5.32 Å². The summed E-state index contributed by atoms with van der Waals surface area (Å²) in [5, 5.41) is 11.6. The van der Waals surface area contributed by atoms with Gasteiger partial charge in [0, 0.05) is 19.5 Å². The Kier molecular flexibility index (Phi) is 4.15. The summed E-state index contributed by atoms with van der Waals surface area (Å²) in [6.07, 6.45) is 3.72. The van der Waals surface area contributed by atoms with Gasteiger partial charge in [-0.3, -0.25) is 0 Å². The number of nitrogens with one attached hydrogen (secondary N) is 1. The molecule has 2 rings (SSSR count). The number of furan rings is 1. The molecule has 0 aromatic carbocycles. The molecule has 2 aromatic rings. The Morgan fingerprint density at radius 1 is 1.44 bits per heavy atom. The molecule has 0 aliphatic carbocycles. The Labute approximate surface area is 107 Å². The molecule has 0 bridgehead atoms. The van der Waals surface area contributed by atoms with Gasteiger partial charge in [0.2, 0.25) is 0 Å². The van der Waals surface area contributed by atoms with Gasteiger partial charge in [0.05, 0.1) is 12.8 Å². The molecule has 18 heavy (non-hydrogen) atoms. The number of nitrogens with zero attached hydrogens (tertiary/aromatic N) is 3. The van der Waals surface area contributed by atoms with E-state index in [0.29, 0.717) is 6.04 Å². The van der Waals surface area contributed by atoms with Crippen molar-refractivity contribution in [3.63, 3.8) is 0 Å². The van der Waals surface area contributed by atoms with Crippen molar-refractivity contribution >= 4 is 0 Å². The summed E-state index contributed by atoms with van der Waals surface area (Å²) in [5.74, 6) is 2.95. The highest BCUT2D eigenvalue weighted by molar-refractivity contribution is 4.98. The summed E-state index contributed by atoms with van der Waals surface area (Å²) in [7, 11) is 1.99. The number of hydrogen-bond acceptors (Lipinski definition) is 4. The van der Waals surface area contributed by atoms with Crippen LogP contribution in [-0.2, 0) is 20.0 Å². The molecule has 0 aliphatic rings. The summed E-state index contributed by atoms with van der Waals surface area (Å²) in [6.45, 7) is 4.87. The molecular weight excluding hydrogens is 228 g/mol. The Morgan fingerprint density at radius 3 is 2.89 bits per heavy atom. The highest BCUT2D eigenvalue weighted by Gasteiger charge is 2.07. The number of aryl methyl sites for hydroxylation is 2. The van der Waals surface area contributed by atoms with E-state index in [0.717, 1.165) is 36.8 Å². The zero-order chi connectivity index (χ0) is 13.0. The van der Waals surface area contributed by atoms with Gasteiger partial charge in [-0.2, -0.15) is 0 Å². The lowest BCUT2D eigenvalue weighted by Crippen LogP contribution is -2.27. The molecule has 5 heteroatoms. The third-order valence-electron chi connectivity index (χ3n) is 3.20. The van der Waals surface area contributed by atoms with Crippen molar-refractivity contribution in [2.75, 3.05) is 0 Å². The van der Waals surface area contributed by atoms with Crippen LogP contribution in [0, 0.1) is 6.92 Å². The first-order chi connectivity index (χ1) is 8.66. The maximum Gasteiger partial charge on any atom is 0.146 e. The predicted molar refractivity (Wildman–Crippen MR) is 69.1 cm³/mol. The molecule has 0 aliphatic heterocycles. The lowest BCUT2D eigenvalue weighted by molar-refractivity contribution is 0.454. The van der Waals surface area contributed by atoms with E-state index in [1.807, 2.05) is 30.7 Å². The first-order valence-electron chi connectivity index (χ1n) is 6.27. The van der Waals surface area contributed by atoms with Gasteiger partial charge < -0.3 is 14.3 Å². The third kappa shape index (κ3) is 3.20. The Bertz CT molecular complexity index is 475. The van der Waals surface area contributed by atoms with E-state index < -0.39 is 0 Å². The highest BCUT2D eigenvalue weighted by Crippen LogP contribution is 2.06. The molecule has 98 valence electrons. The standard InChI is InChI=1S/C13H20N4O/c1-10(6-7-12-5-4-8-18-12)14-9-13-16-15-11(2)17(13)3/h4-5,8,10,14H,6-7,9H2,1-3H3. The van der Waals surface area contributed by atoms with Crippen LogP contribution in [-0.4, -0.2) is 20.8 Å². The number of aromatic nitrogens is 3. The van der Waals surface area contributed by atoms with E-state index in [4.69, 9.17) is 4.42 Å². The average Bonchev–Trinajstić information content (AvgIpc) is 2.97. The fraction of sp³-hybridized carbons (Fsp3) is 0.538. The largest absolute Gasteiger partial charge is 0.469 e. The van der Waals surface area contributed by atoms with Crippen molar-refractivity contribution in [3.8, 4) is 0 Å². The second-order valence-electron chi connectivity index (χ2n) is 4.62. The second kappa shape index (κ2) is 5.82. The first-order valence-corrected chi connectivity index (χ1v) is 6.27. The smallest absolute Gasteiger partial charge is 0.146 e. The Morgan fingerprint density at radius 2 is 2.28 bits per heavy atom. The number of rotatable bonds is 6. The van der Waals surface area contributed by atoms with Crippen LogP contribution in [0.15, 0.2) is 22.8 Å². The van der Waals surface area contributed by atoms with Crippen molar-refractivity contribution in [2.24, 2.45) is 7.05 Å². The minimum Gasteiger partial charge on any atom is -0.469 e. The fourth-order valence-electron chi connectivity index (χ4n) is 1.79. The maximum absolute atomic E-state index is 5.31. The summed E-state index contributed by atoms with van der Waals surface area (Å²) in [4.78, 5) is 0. The van der Waals surface area contributed by atoms with Crippen molar-refractivity contribution in [1.29, 1.82) is 0 Å². The lowest BCUT2D eigenvalue weighted by atomic mass is 10.1. The molecular formula is C13H20N4O. The van der Waals surface area contributed by atoms with Gasteiger partial charge in [0.1, 0.15) is 17.4 Å². The van der Waals surface area contributed by atoms with Gasteiger partial charge in [0.25, 0.3) is 0 Å². The van der Waals surface area contributed by atoms with Gasteiger partial charge in [-0.1, -0.05) is 0 Å². The van der Waals surface area contributed by atoms with E-state index in [2.05, 4.69) is 22.4 Å². The van der Waals surface area contributed by atoms with Crippen LogP contribution in [0.25, 0.3) is 0 Å². The van der Waals surface area contributed by atoms with Crippen molar-refractivity contribution < 1.29 is 4.42 Å². The van der Waals surface area contributed by atoms with Gasteiger partial charge in [0.15, 0.2) is 0 Å². The Balaban J connectivity index is 1.74. The molecule has 1 atom stereocenters. The molecule has 2 heterocycles. The van der Waals surface area contributed by atoms with Crippen molar-refractivity contribution in [3.05, 3.63) is 35.8 Å². The van der Waals surface area contributed by atoms with Crippen molar-refractivity contribution in [1.82, 2.24) is 20.1 Å². The molecule has 0 fully saturated rings. The van der Waals surface area contributed by atoms with E-state index in [1.165, 1.54) is 0 Å². The first kappa shape index (κ1) is 12.8. The Hall–Kier alpha value is -1.62. The molecule has 0 radical (unpaired) electrons. The van der Waals surface area contributed by atoms with E-state index in [1.54, 1.807) is 6.26 Å². The zero-order valence-corrected chi connectivity index (χ0v) is 11.2. The van der Waals surface area contributed by atoms with Crippen molar-refractivity contribution in [2.45, 2.75) is 39.3 Å². The van der Waals surface area contributed by atoms with Crippen LogP contribution >= 0.6 is 0 Å². The predicted octanol–water partition coefficient (Wildman–Crippen LogP) is 1.83. The second-order valence-corrected chi connectivity index (χ2v) is 4.62. The zero-order valence-electron chi connectivity index (χ0n) is 11.2. The van der Waals surface area contributed by atoms with Crippen LogP contribution in [0.4, 0.5) is 0 Å². The van der Waals surface area contributed by atoms with Gasteiger partial charge in [-0.25, -0.2) is 0 Å².